The average molecular weight is 271 g/mol. The van der Waals surface area contributed by atoms with E-state index in [0.717, 1.165) is 10.9 Å². The highest BCUT2D eigenvalue weighted by Gasteiger charge is 2.08. The van der Waals surface area contributed by atoms with Gasteiger partial charge in [0.2, 0.25) is 0 Å². The van der Waals surface area contributed by atoms with Crippen molar-refractivity contribution in [1.82, 2.24) is 0 Å². The molecule has 0 fully saturated rings. The predicted molar refractivity (Wildman–Crippen MR) is 63.9 cm³/mol. The molecule has 0 saturated heterocycles. The highest BCUT2D eigenvalue weighted by atomic mass is 79.9. The van der Waals surface area contributed by atoms with Crippen LogP contribution in [0.5, 0.6) is 0 Å². The van der Waals surface area contributed by atoms with E-state index in [1.165, 1.54) is 0 Å². The highest BCUT2D eigenvalue weighted by molar-refractivity contribution is 9.10. The maximum Gasteiger partial charge on any atom is 0.338 e. The topological polar surface area (TPSA) is 26.3 Å². The number of carbonyl (C=O) groups excluding carboxylic acids is 1. The van der Waals surface area contributed by atoms with Crippen molar-refractivity contribution in [2.24, 2.45) is 5.92 Å². The number of rotatable bonds is 4. The summed E-state index contributed by atoms with van der Waals surface area (Å²) in [6.45, 7) is 4.64. The van der Waals surface area contributed by atoms with Crippen LogP contribution in [0.25, 0.3) is 0 Å². The summed E-state index contributed by atoms with van der Waals surface area (Å²) in [5.41, 5.74) is 0.599. The zero-order valence-electron chi connectivity index (χ0n) is 9.00. The van der Waals surface area contributed by atoms with Crippen LogP contribution in [-0.2, 0) is 4.74 Å². The van der Waals surface area contributed by atoms with Crippen LogP contribution in [0.15, 0.2) is 28.7 Å². The molecule has 1 unspecified atom stereocenters. The fraction of sp³-hybridized carbons (Fsp3) is 0.417. The summed E-state index contributed by atoms with van der Waals surface area (Å²) in [5.74, 6) is 0.173. The van der Waals surface area contributed by atoms with E-state index in [2.05, 4.69) is 29.8 Å². The lowest BCUT2D eigenvalue weighted by Gasteiger charge is -2.09. The molecular formula is C12H15BrO2. The zero-order chi connectivity index (χ0) is 11.3. The number of benzene rings is 1. The Hall–Kier alpha value is -0.830. The van der Waals surface area contributed by atoms with Gasteiger partial charge in [-0.2, -0.15) is 0 Å². The molecule has 3 heteroatoms. The molecular weight excluding hydrogens is 256 g/mol. The van der Waals surface area contributed by atoms with E-state index in [4.69, 9.17) is 4.74 Å². The molecule has 15 heavy (non-hydrogen) atoms. The van der Waals surface area contributed by atoms with E-state index in [9.17, 15) is 4.79 Å². The summed E-state index contributed by atoms with van der Waals surface area (Å²) in [6.07, 6.45) is 1.02. The Balaban J connectivity index is 2.50. The van der Waals surface area contributed by atoms with Crippen molar-refractivity contribution in [2.75, 3.05) is 6.61 Å². The summed E-state index contributed by atoms with van der Waals surface area (Å²) in [5, 5.41) is 0. The lowest BCUT2D eigenvalue weighted by Crippen LogP contribution is -2.11. The summed E-state index contributed by atoms with van der Waals surface area (Å²) < 4.78 is 6.13. The molecule has 0 heterocycles. The normalized spacial score (nSPS) is 12.2. The van der Waals surface area contributed by atoms with Gasteiger partial charge in [0.1, 0.15) is 0 Å². The van der Waals surface area contributed by atoms with Crippen molar-refractivity contribution in [3.63, 3.8) is 0 Å². The maximum atomic E-state index is 11.5. The first-order valence-electron chi connectivity index (χ1n) is 5.06. The smallest absolute Gasteiger partial charge is 0.338 e. The van der Waals surface area contributed by atoms with E-state index in [1.54, 1.807) is 12.1 Å². The molecule has 0 aliphatic heterocycles. The summed E-state index contributed by atoms with van der Waals surface area (Å²) in [6, 6.07) is 7.17. The Kier molecular flexibility index (Phi) is 4.82. The van der Waals surface area contributed by atoms with Crippen LogP contribution in [0.4, 0.5) is 0 Å². The predicted octanol–water partition coefficient (Wildman–Crippen LogP) is 3.65. The summed E-state index contributed by atoms with van der Waals surface area (Å²) in [4.78, 5) is 11.5. The van der Waals surface area contributed by atoms with Crippen LogP contribution >= 0.6 is 15.9 Å². The van der Waals surface area contributed by atoms with Gasteiger partial charge >= 0.3 is 5.97 Å². The maximum absolute atomic E-state index is 11.5. The van der Waals surface area contributed by atoms with Crippen LogP contribution in [0.2, 0.25) is 0 Å². The van der Waals surface area contributed by atoms with Gasteiger partial charge in [0.05, 0.1) is 12.2 Å². The number of esters is 1. The van der Waals surface area contributed by atoms with Crippen molar-refractivity contribution in [3.05, 3.63) is 34.3 Å². The van der Waals surface area contributed by atoms with Gasteiger partial charge in [-0.25, -0.2) is 4.79 Å². The molecule has 2 nitrogen and oxygen atoms in total. The van der Waals surface area contributed by atoms with E-state index in [-0.39, 0.29) is 5.97 Å². The molecule has 1 aromatic rings. The summed E-state index contributed by atoms with van der Waals surface area (Å²) in [7, 11) is 0. The number of ether oxygens (including phenoxy) is 1. The van der Waals surface area contributed by atoms with Crippen molar-refractivity contribution in [2.45, 2.75) is 20.3 Å². The monoisotopic (exact) mass is 270 g/mol. The van der Waals surface area contributed by atoms with Gasteiger partial charge in [0.15, 0.2) is 0 Å². The summed E-state index contributed by atoms with van der Waals surface area (Å²) >= 11 is 3.32. The Morgan fingerprint density at radius 2 is 2.00 bits per heavy atom. The first-order chi connectivity index (χ1) is 7.13. The lowest BCUT2D eigenvalue weighted by atomic mass is 10.1. The minimum atomic E-state index is -0.247. The molecule has 1 atom stereocenters. The molecule has 0 spiro atoms. The molecule has 0 bridgehead atoms. The SMILES string of the molecule is CCC(C)COC(=O)c1ccc(Br)cc1. The fourth-order valence-corrected chi connectivity index (χ4v) is 1.27. The van der Waals surface area contributed by atoms with Gasteiger partial charge in [0, 0.05) is 4.47 Å². The minimum Gasteiger partial charge on any atom is -0.462 e. The van der Waals surface area contributed by atoms with Crippen molar-refractivity contribution >= 4 is 21.9 Å². The van der Waals surface area contributed by atoms with Crippen LogP contribution in [-0.4, -0.2) is 12.6 Å². The molecule has 0 aliphatic rings. The highest BCUT2D eigenvalue weighted by Crippen LogP contribution is 2.12. The van der Waals surface area contributed by atoms with Gasteiger partial charge in [-0.15, -0.1) is 0 Å². The third-order valence-corrected chi connectivity index (χ3v) is 2.80. The van der Waals surface area contributed by atoms with Gasteiger partial charge in [-0.3, -0.25) is 0 Å². The molecule has 0 saturated carbocycles. The van der Waals surface area contributed by atoms with E-state index in [0.29, 0.717) is 18.1 Å². The van der Waals surface area contributed by atoms with Crippen LogP contribution in [0.1, 0.15) is 30.6 Å². The lowest BCUT2D eigenvalue weighted by molar-refractivity contribution is 0.0447. The fourth-order valence-electron chi connectivity index (χ4n) is 1.01. The van der Waals surface area contributed by atoms with E-state index < -0.39 is 0 Å². The Bertz CT molecular complexity index is 319. The minimum absolute atomic E-state index is 0.247. The molecule has 0 aliphatic carbocycles. The molecule has 82 valence electrons. The Morgan fingerprint density at radius 1 is 1.40 bits per heavy atom. The van der Waals surface area contributed by atoms with Gasteiger partial charge < -0.3 is 4.74 Å². The van der Waals surface area contributed by atoms with Crippen molar-refractivity contribution in [3.8, 4) is 0 Å². The van der Waals surface area contributed by atoms with Crippen molar-refractivity contribution in [1.29, 1.82) is 0 Å². The molecule has 1 rings (SSSR count). The van der Waals surface area contributed by atoms with Crippen LogP contribution in [0, 0.1) is 5.92 Å². The Morgan fingerprint density at radius 3 is 2.53 bits per heavy atom. The van der Waals surface area contributed by atoms with Crippen molar-refractivity contribution < 1.29 is 9.53 Å². The Labute approximate surface area is 98.8 Å². The number of hydrogen-bond donors (Lipinski definition) is 0. The molecule has 0 amide bonds. The van der Waals surface area contributed by atoms with E-state index >= 15 is 0 Å². The molecule has 0 N–H and O–H groups in total. The third kappa shape index (κ3) is 4.04. The second-order valence-electron chi connectivity index (χ2n) is 3.62. The second kappa shape index (κ2) is 5.91. The number of halogens is 1. The number of hydrogen-bond acceptors (Lipinski definition) is 2. The van der Waals surface area contributed by atoms with Gasteiger partial charge in [-0.1, -0.05) is 36.2 Å². The van der Waals surface area contributed by atoms with Gasteiger partial charge in [0.25, 0.3) is 0 Å². The molecule has 0 radical (unpaired) electrons. The number of carbonyl (C=O) groups is 1. The standard InChI is InChI=1S/C12H15BrO2/c1-3-9(2)8-15-12(14)10-4-6-11(13)7-5-10/h4-7,9H,3,8H2,1-2H3. The average Bonchev–Trinajstić information content (AvgIpc) is 2.26. The van der Waals surface area contributed by atoms with Crippen LogP contribution in [0.3, 0.4) is 0 Å². The molecule has 1 aromatic carbocycles. The first kappa shape index (κ1) is 12.2. The molecule has 0 aromatic heterocycles. The third-order valence-electron chi connectivity index (χ3n) is 2.28. The first-order valence-corrected chi connectivity index (χ1v) is 5.85. The van der Waals surface area contributed by atoms with Gasteiger partial charge in [-0.05, 0) is 30.2 Å². The zero-order valence-corrected chi connectivity index (χ0v) is 10.6. The second-order valence-corrected chi connectivity index (χ2v) is 4.53. The largest absolute Gasteiger partial charge is 0.462 e. The van der Waals surface area contributed by atoms with E-state index in [1.807, 2.05) is 12.1 Å². The van der Waals surface area contributed by atoms with Crippen LogP contribution < -0.4 is 0 Å². The quantitative estimate of drug-likeness (QED) is 0.781.